The Labute approximate surface area is 265 Å². The molecule has 236 valence electrons. The second kappa shape index (κ2) is 14.5. The average Bonchev–Trinajstić information content (AvgIpc) is 3.46. The fourth-order valence-electron chi connectivity index (χ4n) is 6.88. The van der Waals surface area contributed by atoms with Crippen LogP contribution >= 0.6 is 0 Å². The Kier molecular flexibility index (Phi) is 10.9. The van der Waals surface area contributed by atoms with E-state index in [1.54, 1.807) is 4.90 Å². The Morgan fingerprint density at radius 2 is 1.07 bits per heavy atom. The number of anilines is 2. The summed E-state index contributed by atoms with van der Waals surface area (Å²) in [5.41, 5.74) is 7.27. The van der Waals surface area contributed by atoms with Crippen LogP contribution in [-0.4, -0.2) is 29.9 Å². The monoisotopic (exact) mass is 595 g/mol. The number of carbonyl (C=O) groups is 2. The summed E-state index contributed by atoms with van der Waals surface area (Å²) in [6, 6.07) is 22.9. The standard InChI is InChI=1S/C39H53N3O2/c1-26(2)31-18-14-19-32(27(3)4)36(31)40-35(43)24-42(25-39(22-12-13-23-39)30-16-10-9-11-17-30)38(44)41-37-33(28(5)6)20-15-21-34(37)29(7)8/h9-11,14-21,26-29H,12-13,22-25H2,1-8H3,(H,40,43)(H,41,44). The molecule has 0 aromatic heterocycles. The van der Waals surface area contributed by atoms with E-state index in [1.165, 1.54) is 5.56 Å². The number of para-hydroxylation sites is 2. The fourth-order valence-corrected chi connectivity index (χ4v) is 6.88. The van der Waals surface area contributed by atoms with Crippen molar-refractivity contribution in [2.45, 2.75) is 110 Å². The van der Waals surface area contributed by atoms with Crippen molar-refractivity contribution in [2.75, 3.05) is 23.7 Å². The second-order valence-corrected chi connectivity index (χ2v) is 13.9. The molecule has 3 aromatic rings. The lowest BCUT2D eigenvalue weighted by molar-refractivity contribution is -0.116. The SMILES string of the molecule is CC(C)c1cccc(C(C)C)c1NC(=O)CN(CC1(c2ccccc2)CCCC1)C(=O)Nc1c(C(C)C)cccc1C(C)C. The van der Waals surface area contributed by atoms with Crippen molar-refractivity contribution in [3.05, 3.63) is 94.5 Å². The van der Waals surface area contributed by atoms with Gasteiger partial charge in [-0.2, -0.15) is 0 Å². The molecule has 1 fully saturated rings. The molecule has 2 N–H and O–H groups in total. The van der Waals surface area contributed by atoms with Crippen molar-refractivity contribution in [3.63, 3.8) is 0 Å². The number of nitrogens with zero attached hydrogens (tertiary/aromatic N) is 1. The second-order valence-electron chi connectivity index (χ2n) is 13.9. The normalized spacial score (nSPS) is 14.5. The smallest absolute Gasteiger partial charge is 0.322 e. The van der Waals surface area contributed by atoms with Crippen LogP contribution in [0, 0.1) is 0 Å². The van der Waals surface area contributed by atoms with Crippen LogP contribution in [0.5, 0.6) is 0 Å². The van der Waals surface area contributed by atoms with Crippen molar-refractivity contribution >= 4 is 23.3 Å². The Balaban J connectivity index is 1.72. The topological polar surface area (TPSA) is 61.4 Å². The molecule has 5 nitrogen and oxygen atoms in total. The summed E-state index contributed by atoms with van der Waals surface area (Å²) in [5.74, 6) is 0.828. The summed E-state index contributed by atoms with van der Waals surface area (Å²) in [7, 11) is 0. The van der Waals surface area contributed by atoms with E-state index < -0.39 is 0 Å². The fraction of sp³-hybridized carbons (Fsp3) is 0.487. The molecule has 1 aliphatic rings. The van der Waals surface area contributed by atoms with Gasteiger partial charge in [0.2, 0.25) is 5.91 Å². The van der Waals surface area contributed by atoms with E-state index >= 15 is 0 Å². The maximum absolute atomic E-state index is 14.4. The molecule has 44 heavy (non-hydrogen) atoms. The summed E-state index contributed by atoms with van der Waals surface area (Å²) < 4.78 is 0. The summed E-state index contributed by atoms with van der Waals surface area (Å²) >= 11 is 0. The van der Waals surface area contributed by atoms with Crippen LogP contribution in [0.2, 0.25) is 0 Å². The molecule has 0 radical (unpaired) electrons. The molecule has 3 amide bonds. The van der Waals surface area contributed by atoms with Crippen LogP contribution in [0.4, 0.5) is 16.2 Å². The van der Waals surface area contributed by atoms with Crippen molar-refractivity contribution in [3.8, 4) is 0 Å². The Morgan fingerprint density at radius 3 is 1.50 bits per heavy atom. The number of hydrogen-bond donors (Lipinski definition) is 2. The Morgan fingerprint density at radius 1 is 0.636 bits per heavy atom. The lowest BCUT2D eigenvalue weighted by Gasteiger charge is -2.36. The molecule has 0 saturated heterocycles. The third-order valence-electron chi connectivity index (χ3n) is 9.30. The maximum atomic E-state index is 14.4. The largest absolute Gasteiger partial charge is 0.324 e. The van der Waals surface area contributed by atoms with E-state index in [0.29, 0.717) is 6.54 Å². The number of amides is 3. The lowest BCUT2D eigenvalue weighted by atomic mass is 9.78. The zero-order chi connectivity index (χ0) is 32.0. The number of benzene rings is 3. The third kappa shape index (κ3) is 7.54. The van der Waals surface area contributed by atoms with E-state index in [-0.39, 0.29) is 47.6 Å². The summed E-state index contributed by atoms with van der Waals surface area (Å²) in [4.78, 5) is 30.1. The first-order valence-corrected chi connectivity index (χ1v) is 16.6. The lowest BCUT2D eigenvalue weighted by Crippen LogP contribution is -2.48. The van der Waals surface area contributed by atoms with Crippen LogP contribution in [0.25, 0.3) is 0 Å². The molecule has 3 aromatic carbocycles. The van der Waals surface area contributed by atoms with Gasteiger partial charge in [-0.25, -0.2) is 4.79 Å². The minimum absolute atomic E-state index is 0.0226. The van der Waals surface area contributed by atoms with Crippen LogP contribution in [0.1, 0.15) is 133 Å². The van der Waals surface area contributed by atoms with Crippen molar-refractivity contribution < 1.29 is 9.59 Å². The minimum atomic E-state index is -0.224. The first-order chi connectivity index (χ1) is 20.9. The zero-order valence-electron chi connectivity index (χ0n) is 28.2. The number of hydrogen-bond acceptors (Lipinski definition) is 2. The van der Waals surface area contributed by atoms with Gasteiger partial charge < -0.3 is 15.5 Å². The van der Waals surface area contributed by atoms with Crippen LogP contribution in [0.3, 0.4) is 0 Å². The molecular weight excluding hydrogens is 542 g/mol. The Hall–Kier alpha value is -3.60. The van der Waals surface area contributed by atoms with Crippen molar-refractivity contribution in [1.29, 1.82) is 0 Å². The first-order valence-electron chi connectivity index (χ1n) is 16.6. The third-order valence-corrected chi connectivity index (χ3v) is 9.30. The molecule has 0 unspecified atom stereocenters. The van der Waals surface area contributed by atoms with E-state index in [9.17, 15) is 9.59 Å². The van der Waals surface area contributed by atoms with Gasteiger partial charge in [-0.1, -0.05) is 135 Å². The molecule has 4 rings (SSSR count). The summed E-state index contributed by atoms with van der Waals surface area (Å²) in [5, 5.41) is 6.59. The molecule has 0 heterocycles. The van der Waals surface area contributed by atoms with Gasteiger partial charge in [0.15, 0.2) is 0 Å². The molecule has 0 aliphatic heterocycles. The average molecular weight is 596 g/mol. The van der Waals surface area contributed by atoms with Gasteiger partial charge in [-0.05, 0) is 64.3 Å². The molecule has 1 aliphatic carbocycles. The highest BCUT2D eigenvalue weighted by atomic mass is 16.2. The quantitative estimate of drug-likeness (QED) is 0.232. The minimum Gasteiger partial charge on any atom is -0.324 e. The van der Waals surface area contributed by atoms with Crippen LogP contribution in [0.15, 0.2) is 66.7 Å². The van der Waals surface area contributed by atoms with Crippen molar-refractivity contribution in [2.24, 2.45) is 0 Å². The highest BCUT2D eigenvalue weighted by Crippen LogP contribution is 2.42. The van der Waals surface area contributed by atoms with Gasteiger partial charge in [-0.3, -0.25) is 4.79 Å². The van der Waals surface area contributed by atoms with Gasteiger partial charge in [0.05, 0.1) is 0 Å². The zero-order valence-corrected chi connectivity index (χ0v) is 28.2. The van der Waals surface area contributed by atoms with E-state index in [2.05, 4.69) is 127 Å². The predicted octanol–water partition coefficient (Wildman–Crippen LogP) is 10.2. The van der Waals surface area contributed by atoms with Crippen molar-refractivity contribution in [1.82, 2.24) is 4.90 Å². The van der Waals surface area contributed by atoms with E-state index in [1.807, 2.05) is 6.07 Å². The van der Waals surface area contributed by atoms with Gasteiger partial charge >= 0.3 is 6.03 Å². The van der Waals surface area contributed by atoms with Gasteiger partial charge in [-0.15, -0.1) is 0 Å². The molecule has 0 bridgehead atoms. The molecule has 0 atom stereocenters. The van der Waals surface area contributed by atoms with Crippen LogP contribution in [-0.2, 0) is 10.2 Å². The summed E-state index contributed by atoms with van der Waals surface area (Å²) in [6.07, 6.45) is 4.22. The van der Waals surface area contributed by atoms with Gasteiger partial charge in [0, 0.05) is 23.3 Å². The van der Waals surface area contributed by atoms with E-state index in [0.717, 1.165) is 59.3 Å². The predicted molar refractivity (Wildman–Crippen MR) is 185 cm³/mol. The number of nitrogens with one attached hydrogen (secondary N) is 2. The number of rotatable bonds is 11. The van der Waals surface area contributed by atoms with Gasteiger partial charge in [0.1, 0.15) is 6.54 Å². The summed E-state index contributed by atoms with van der Waals surface area (Å²) in [6.45, 7) is 17.7. The first kappa shape index (κ1) is 33.3. The number of urea groups is 1. The van der Waals surface area contributed by atoms with Crippen LogP contribution < -0.4 is 10.6 Å². The highest BCUT2D eigenvalue weighted by Gasteiger charge is 2.39. The molecular formula is C39H53N3O2. The molecule has 5 heteroatoms. The Bertz CT molecular complexity index is 1370. The van der Waals surface area contributed by atoms with Gasteiger partial charge in [0.25, 0.3) is 0 Å². The molecule has 1 saturated carbocycles. The maximum Gasteiger partial charge on any atom is 0.322 e. The number of carbonyl (C=O) groups excluding carboxylic acids is 2. The molecule has 0 spiro atoms. The highest BCUT2D eigenvalue weighted by molar-refractivity contribution is 5.98. The van der Waals surface area contributed by atoms with E-state index in [4.69, 9.17) is 0 Å².